The SMILES string of the molecule is CC(C)C[C@H](NC(=O)OCC1c2ccccc2-c2ccccc21)C(=O)C=[N+]=[N-]. The van der Waals surface area contributed by atoms with Gasteiger partial charge in [-0.15, -0.1) is 0 Å². The number of hydrogen-bond donors (Lipinski definition) is 1. The van der Waals surface area contributed by atoms with Gasteiger partial charge >= 0.3 is 12.3 Å². The third kappa shape index (κ3) is 4.18. The molecule has 0 saturated heterocycles. The maximum Gasteiger partial charge on any atom is 0.407 e. The van der Waals surface area contributed by atoms with Gasteiger partial charge in [0, 0.05) is 5.92 Å². The van der Waals surface area contributed by atoms with Crippen molar-refractivity contribution in [2.24, 2.45) is 5.92 Å². The fourth-order valence-electron chi connectivity index (χ4n) is 3.65. The number of ketones is 1. The summed E-state index contributed by atoms with van der Waals surface area (Å²) in [6.45, 7) is 4.06. The molecule has 144 valence electrons. The van der Waals surface area contributed by atoms with E-state index in [1.807, 2.05) is 50.2 Å². The van der Waals surface area contributed by atoms with Crippen LogP contribution >= 0.6 is 0 Å². The van der Waals surface area contributed by atoms with Crippen molar-refractivity contribution in [3.63, 3.8) is 0 Å². The summed E-state index contributed by atoms with van der Waals surface area (Å²) in [7, 11) is 0. The predicted octanol–water partition coefficient (Wildman–Crippen LogP) is 3.81. The molecule has 1 amide bonds. The molecule has 2 aromatic rings. The summed E-state index contributed by atoms with van der Waals surface area (Å²) >= 11 is 0. The first kappa shape index (κ1) is 19.5. The lowest BCUT2D eigenvalue weighted by atomic mass is 9.98. The van der Waals surface area contributed by atoms with Gasteiger partial charge in [-0.2, -0.15) is 4.79 Å². The van der Waals surface area contributed by atoms with E-state index in [-0.39, 0.29) is 18.4 Å². The highest BCUT2D eigenvalue weighted by Crippen LogP contribution is 2.44. The zero-order valence-corrected chi connectivity index (χ0v) is 16.0. The monoisotopic (exact) mass is 377 g/mol. The van der Waals surface area contributed by atoms with Crippen molar-refractivity contribution in [3.05, 3.63) is 65.2 Å². The quantitative estimate of drug-likeness (QED) is 0.452. The van der Waals surface area contributed by atoms with Gasteiger partial charge in [0.2, 0.25) is 0 Å². The molecule has 0 aromatic heterocycles. The number of benzene rings is 2. The molecule has 0 fully saturated rings. The minimum Gasteiger partial charge on any atom is -0.449 e. The van der Waals surface area contributed by atoms with E-state index in [2.05, 4.69) is 22.2 Å². The lowest BCUT2D eigenvalue weighted by Crippen LogP contribution is -2.43. The summed E-state index contributed by atoms with van der Waals surface area (Å²) in [5.41, 5.74) is 13.1. The van der Waals surface area contributed by atoms with Crippen molar-refractivity contribution in [3.8, 4) is 11.1 Å². The molecule has 1 N–H and O–H groups in total. The number of carbonyl (C=O) groups excluding carboxylic acids is 2. The third-order valence-corrected chi connectivity index (χ3v) is 4.87. The topological polar surface area (TPSA) is 91.8 Å². The van der Waals surface area contributed by atoms with Crippen LogP contribution < -0.4 is 5.32 Å². The van der Waals surface area contributed by atoms with E-state index in [0.29, 0.717) is 6.42 Å². The van der Waals surface area contributed by atoms with E-state index < -0.39 is 17.9 Å². The van der Waals surface area contributed by atoms with Crippen LogP contribution in [0.5, 0.6) is 0 Å². The zero-order valence-electron chi connectivity index (χ0n) is 16.0. The lowest BCUT2D eigenvalue weighted by molar-refractivity contribution is -0.118. The molecule has 0 heterocycles. The van der Waals surface area contributed by atoms with Crippen LogP contribution in [0.1, 0.15) is 37.3 Å². The highest BCUT2D eigenvalue weighted by molar-refractivity contribution is 6.28. The Morgan fingerprint density at radius 2 is 1.68 bits per heavy atom. The molecule has 3 rings (SSSR count). The molecule has 1 atom stereocenters. The molecular formula is C22H23N3O3. The summed E-state index contributed by atoms with van der Waals surface area (Å²) in [6, 6.07) is 15.4. The van der Waals surface area contributed by atoms with Gasteiger partial charge in [-0.1, -0.05) is 62.4 Å². The summed E-state index contributed by atoms with van der Waals surface area (Å²) in [5.74, 6) is -0.337. The molecule has 1 aliphatic carbocycles. The van der Waals surface area contributed by atoms with Crippen molar-refractivity contribution in [2.45, 2.75) is 32.2 Å². The van der Waals surface area contributed by atoms with Crippen molar-refractivity contribution in [2.75, 3.05) is 6.61 Å². The molecule has 0 unspecified atom stereocenters. The summed E-state index contributed by atoms with van der Waals surface area (Å²) in [6.07, 6.45) is 0.568. The fourth-order valence-corrected chi connectivity index (χ4v) is 3.65. The Kier molecular flexibility index (Phi) is 6.02. The van der Waals surface area contributed by atoms with Gasteiger partial charge in [0.15, 0.2) is 0 Å². The lowest BCUT2D eigenvalue weighted by Gasteiger charge is -2.18. The minimum absolute atomic E-state index is 0.0450. The Balaban J connectivity index is 1.70. The van der Waals surface area contributed by atoms with Crippen LogP contribution in [0.15, 0.2) is 48.5 Å². The average Bonchev–Trinajstić information content (AvgIpc) is 3.00. The maximum atomic E-state index is 12.3. The van der Waals surface area contributed by atoms with Gasteiger partial charge in [-0.25, -0.2) is 4.79 Å². The molecule has 0 aliphatic heterocycles. The van der Waals surface area contributed by atoms with Crippen LogP contribution in [0.2, 0.25) is 0 Å². The molecule has 0 bridgehead atoms. The van der Waals surface area contributed by atoms with Crippen LogP contribution in [-0.2, 0) is 9.53 Å². The summed E-state index contributed by atoms with van der Waals surface area (Å²) < 4.78 is 5.47. The van der Waals surface area contributed by atoms with Crippen LogP contribution in [0.3, 0.4) is 0 Å². The standard InChI is InChI=1S/C22H23N3O3/c1-14(2)11-20(21(26)12-24-23)25-22(27)28-13-19-17-9-5-3-7-15(17)16-8-4-6-10-18(16)19/h3-10,12,14,19-20H,11,13H2,1-2H3,(H,25,27)/t20-/m0/s1. The van der Waals surface area contributed by atoms with Gasteiger partial charge in [0.1, 0.15) is 12.6 Å². The number of ether oxygens (including phenoxy) is 1. The second-order valence-electron chi connectivity index (χ2n) is 7.30. The van der Waals surface area contributed by atoms with Crippen LogP contribution in [-0.4, -0.2) is 35.5 Å². The van der Waals surface area contributed by atoms with Gasteiger partial charge in [-0.05, 0) is 34.6 Å². The van der Waals surface area contributed by atoms with E-state index in [1.54, 1.807) is 0 Å². The second kappa shape index (κ2) is 8.63. The first-order valence-electron chi connectivity index (χ1n) is 9.34. The van der Waals surface area contributed by atoms with Crippen LogP contribution in [0, 0.1) is 5.92 Å². The van der Waals surface area contributed by atoms with E-state index in [0.717, 1.165) is 28.5 Å². The average molecular weight is 377 g/mol. The summed E-state index contributed by atoms with van der Waals surface area (Å²) in [5, 5.41) is 2.59. The number of alkyl carbamates (subject to hydrolysis) is 1. The number of fused-ring (bicyclic) bond motifs is 3. The Morgan fingerprint density at radius 1 is 1.11 bits per heavy atom. The number of nitrogens with one attached hydrogen (secondary N) is 1. The molecule has 1 aliphatic rings. The van der Waals surface area contributed by atoms with Crippen molar-refractivity contribution < 1.29 is 19.1 Å². The Labute approximate surface area is 164 Å². The molecule has 0 spiro atoms. The van der Waals surface area contributed by atoms with E-state index >= 15 is 0 Å². The number of Topliss-reactive ketones (excluding diaryl/α,β-unsaturated/α-hetero) is 1. The minimum atomic E-state index is -0.786. The van der Waals surface area contributed by atoms with Crippen molar-refractivity contribution in [1.29, 1.82) is 0 Å². The highest BCUT2D eigenvalue weighted by Gasteiger charge is 2.30. The van der Waals surface area contributed by atoms with E-state index in [4.69, 9.17) is 10.3 Å². The number of carbonyl (C=O) groups is 2. The second-order valence-corrected chi connectivity index (χ2v) is 7.30. The van der Waals surface area contributed by atoms with Crippen LogP contribution in [0.4, 0.5) is 4.79 Å². The Hall–Kier alpha value is -3.24. The molecule has 2 aromatic carbocycles. The number of nitrogens with zero attached hydrogens (tertiary/aromatic N) is 2. The molecule has 6 heteroatoms. The van der Waals surface area contributed by atoms with Gasteiger partial charge in [-0.3, -0.25) is 4.79 Å². The zero-order chi connectivity index (χ0) is 20.1. The van der Waals surface area contributed by atoms with Crippen molar-refractivity contribution in [1.82, 2.24) is 5.32 Å². The number of hydrogen-bond acceptors (Lipinski definition) is 3. The van der Waals surface area contributed by atoms with E-state index in [1.165, 1.54) is 0 Å². The normalized spacial score (nSPS) is 13.2. The molecular weight excluding hydrogens is 354 g/mol. The van der Waals surface area contributed by atoms with E-state index in [9.17, 15) is 9.59 Å². The predicted molar refractivity (Wildman–Crippen MR) is 106 cm³/mol. The largest absolute Gasteiger partial charge is 0.449 e. The Morgan fingerprint density at radius 3 is 2.21 bits per heavy atom. The number of amides is 1. The molecule has 0 radical (unpaired) electrons. The maximum absolute atomic E-state index is 12.3. The molecule has 28 heavy (non-hydrogen) atoms. The molecule has 6 nitrogen and oxygen atoms in total. The highest BCUT2D eigenvalue weighted by atomic mass is 16.5. The first-order chi connectivity index (χ1) is 13.5. The van der Waals surface area contributed by atoms with Gasteiger partial charge in [0.25, 0.3) is 5.78 Å². The smallest absolute Gasteiger partial charge is 0.407 e. The van der Waals surface area contributed by atoms with Crippen molar-refractivity contribution >= 4 is 18.1 Å². The van der Waals surface area contributed by atoms with Gasteiger partial charge in [0.05, 0.1) is 0 Å². The molecule has 0 saturated carbocycles. The van der Waals surface area contributed by atoms with Gasteiger partial charge < -0.3 is 15.6 Å². The summed E-state index contributed by atoms with van der Waals surface area (Å²) in [4.78, 5) is 27.1. The fraction of sp³-hybridized carbons (Fsp3) is 0.318. The first-order valence-corrected chi connectivity index (χ1v) is 9.34. The Bertz CT molecular complexity index is 887. The van der Waals surface area contributed by atoms with Crippen LogP contribution in [0.25, 0.3) is 16.7 Å². The number of rotatable bonds is 7. The third-order valence-electron chi connectivity index (χ3n) is 4.87.